The van der Waals surface area contributed by atoms with Crippen molar-refractivity contribution in [1.82, 2.24) is 14.9 Å². The Morgan fingerprint density at radius 3 is 2.64 bits per heavy atom. The molecule has 2 unspecified atom stereocenters. The number of aromatic nitrogens is 2. The Bertz CT molecular complexity index is 1030. The largest absolute Gasteiger partial charge is 0.340 e. The van der Waals surface area contributed by atoms with Crippen LogP contribution < -0.4 is 9.80 Å². The first-order valence-electron chi connectivity index (χ1n) is 9.88. The first kappa shape index (κ1) is 16.6. The van der Waals surface area contributed by atoms with E-state index in [1.54, 1.807) is 0 Å². The SMILES string of the molecule is C=C1C(C)=C2Sc3ccccc3N2c2nc(N3CC4CN(C)CC4C3)ncc21. The van der Waals surface area contributed by atoms with Crippen LogP contribution in [0.2, 0.25) is 0 Å². The van der Waals surface area contributed by atoms with Gasteiger partial charge in [0, 0.05) is 42.8 Å². The van der Waals surface area contributed by atoms with Gasteiger partial charge in [0.25, 0.3) is 0 Å². The minimum absolute atomic E-state index is 0.736. The van der Waals surface area contributed by atoms with Crippen molar-refractivity contribution in [3.63, 3.8) is 0 Å². The molecule has 2 saturated heterocycles. The minimum Gasteiger partial charge on any atom is -0.340 e. The Hall–Kier alpha value is -2.31. The molecule has 0 radical (unpaired) electrons. The Morgan fingerprint density at radius 1 is 1.11 bits per heavy atom. The molecule has 1 aromatic carbocycles. The second kappa shape index (κ2) is 5.84. The molecule has 0 aliphatic carbocycles. The summed E-state index contributed by atoms with van der Waals surface area (Å²) in [6.45, 7) is 11.0. The average Bonchev–Trinajstić information content (AvgIpc) is 3.36. The van der Waals surface area contributed by atoms with Crippen molar-refractivity contribution < 1.29 is 0 Å². The molecule has 0 spiro atoms. The van der Waals surface area contributed by atoms with Gasteiger partial charge in [0.1, 0.15) is 0 Å². The van der Waals surface area contributed by atoms with Crippen molar-refractivity contribution in [2.24, 2.45) is 11.8 Å². The summed E-state index contributed by atoms with van der Waals surface area (Å²) in [5.41, 5.74) is 4.50. The number of fused-ring (bicyclic) bond motifs is 6. The summed E-state index contributed by atoms with van der Waals surface area (Å²) < 4.78 is 0. The van der Waals surface area contributed by atoms with Crippen molar-refractivity contribution in [2.75, 3.05) is 43.0 Å². The van der Waals surface area contributed by atoms with Crippen molar-refractivity contribution in [1.29, 1.82) is 0 Å². The molecule has 2 atom stereocenters. The zero-order valence-corrected chi connectivity index (χ0v) is 17.0. The maximum atomic E-state index is 5.09. The van der Waals surface area contributed by atoms with Crippen molar-refractivity contribution in [3.8, 4) is 0 Å². The van der Waals surface area contributed by atoms with Crippen LogP contribution in [0.5, 0.6) is 0 Å². The fraction of sp³-hybridized carbons (Fsp3) is 0.364. The van der Waals surface area contributed by atoms with E-state index in [0.29, 0.717) is 0 Å². The summed E-state index contributed by atoms with van der Waals surface area (Å²) >= 11 is 1.81. The Morgan fingerprint density at radius 2 is 1.86 bits per heavy atom. The maximum Gasteiger partial charge on any atom is 0.227 e. The van der Waals surface area contributed by atoms with Gasteiger partial charge in [-0.1, -0.05) is 30.5 Å². The van der Waals surface area contributed by atoms with Crippen molar-refractivity contribution >= 4 is 34.8 Å². The van der Waals surface area contributed by atoms with Crippen LogP contribution >= 0.6 is 11.8 Å². The summed E-state index contributed by atoms with van der Waals surface area (Å²) in [7, 11) is 2.22. The lowest BCUT2D eigenvalue weighted by Gasteiger charge is -2.30. The third kappa shape index (κ3) is 2.25. The Balaban J connectivity index is 1.42. The predicted molar refractivity (Wildman–Crippen MR) is 115 cm³/mol. The molecular weight excluding hydrogens is 366 g/mol. The molecule has 2 aromatic rings. The molecule has 6 rings (SSSR count). The zero-order chi connectivity index (χ0) is 19.0. The van der Waals surface area contributed by atoms with E-state index in [4.69, 9.17) is 9.97 Å². The number of anilines is 3. The summed E-state index contributed by atoms with van der Waals surface area (Å²) in [4.78, 5) is 18.2. The molecule has 28 heavy (non-hydrogen) atoms. The summed E-state index contributed by atoms with van der Waals surface area (Å²) in [5, 5.41) is 1.23. The first-order chi connectivity index (χ1) is 13.6. The quantitative estimate of drug-likeness (QED) is 0.734. The maximum absolute atomic E-state index is 5.09. The van der Waals surface area contributed by atoms with E-state index in [1.807, 2.05) is 18.0 Å². The van der Waals surface area contributed by atoms with Gasteiger partial charge in [0.15, 0.2) is 5.82 Å². The number of hydrogen-bond acceptors (Lipinski definition) is 6. The van der Waals surface area contributed by atoms with Gasteiger partial charge in [-0.25, -0.2) is 4.98 Å². The predicted octanol–water partition coefficient (Wildman–Crippen LogP) is 3.98. The van der Waals surface area contributed by atoms with E-state index in [-0.39, 0.29) is 0 Å². The number of para-hydroxylation sites is 1. The smallest absolute Gasteiger partial charge is 0.227 e. The van der Waals surface area contributed by atoms with Crippen LogP contribution in [-0.4, -0.2) is 48.1 Å². The molecule has 142 valence electrons. The van der Waals surface area contributed by atoms with E-state index in [2.05, 4.69) is 59.5 Å². The second-order valence-electron chi connectivity index (χ2n) is 8.37. The van der Waals surface area contributed by atoms with Gasteiger partial charge in [-0.15, -0.1) is 0 Å². The van der Waals surface area contributed by atoms with Gasteiger partial charge >= 0.3 is 0 Å². The number of likely N-dealkylation sites (tertiary alicyclic amines) is 1. The zero-order valence-electron chi connectivity index (χ0n) is 16.2. The highest BCUT2D eigenvalue weighted by molar-refractivity contribution is 8.03. The molecule has 4 aliphatic rings. The molecule has 1 aromatic heterocycles. The monoisotopic (exact) mass is 389 g/mol. The Labute approximate surface area is 169 Å². The fourth-order valence-electron chi connectivity index (χ4n) is 5.06. The van der Waals surface area contributed by atoms with Crippen molar-refractivity contribution in [2.45, 2.75) is 11.8 Å². The van der Waals surface area contributed by atoms with E-state index in [1.165, 1.54) is 34.3 Å². The van der Waals surface area contributed by atoms with E-state index < -0.39 is 0 Å². The number of thioether (sulfide) groups is 1. The normalized spacial score (nSPS) is 25.9. The van der Waals surface area contributed by atoms with Gasteiger partial charge in [-0.3, -0.25) is 4.90 Å². The topological polar surface area (TPSA) is 35.5 Å². The highest BCUT2D eigenvalue weighted by atomic mass is 32.2. The van der Waals surface area contributed by atoms with Crippen LogP contribution in [0.3, 0.4) is 0 Å². The molecule has 5 nitrogen and oxygen atoms in total. The highest BCUT2D eigenvalue weighted by Crippen LogP contribution is 2.55. The molecule has 5 heterocycles. The summed E-state index contributed by atoms with van der Waals surface area (Å²) in [6, 6.07) is 8.56. The van der Waals surface area contributed by atoms with Crippen LogP contribution in [0, 0.1) is 11.8 Å². The summed E-state index contributed by atoms with van der Waals surface area (Å²) in [6.07, 6.45) is 1.98. The van der Waals surface area contributed by atoms with Gasteiger partial charge in [0.2, 0.25) is 5.95 Å². The summed E-state index contributed by atoms with van der Waals surface area (Å²) in [5.74, 6) is 3.31. The number of nitrogens with zero attached hydrogens (tertiary/aromatic N) is 5. The van der Waals surface area contributed by atoms with Gasteiger partial charge < -0.3 is 9.80 Å². The molecular formula is C22H23N5S. The highest BCUT2D eigenvalue weighted by Gasteiger charge is 2.41. The van der Waals surface area contributed by atoms with E-state index >= 15 is 0 Å². The van der Waals surface area contributed by atoms with Crippen LogP contribution in [0.1, 0.15) is 12.5 Å². The fourth-order valence-corrected chi connectivity index (χ4v) is 6.23. The average molecular weight is 390 g/mol. The lowest BCUT2D eigenvalue weighted by molar-refractivity contribution is 0.386. The van der Waals surface area contributed by atoms with E-state index in [9.17, 15) is 0 Å². The number of hydrogen-bond donors (Lipinski definition) is 0. The van der Waals surface area contributed by atoms with Crippen LogP contribution in [0.4, 0.5) is 17.5 Å². The van der Waals surface area contributed by atoms with Crippen LogP contribution in [0.15, 0.2) is 52.5 Å². The van der Waals surface area contributed by atoms with Crippen LogP contribution in [-0.2, 0) is 0 Å². The molecule has 0 N–H and O–H groups in total. The minimum atomic E-state index is 0.736. The number of allylic oxidation sites excluding steroid dienone is 2. The lowest BCUT2D eigenvalue weighted by atomic mass is 9.99. The molecule has 0 amide bonds. The van der Waals surface area contributed by atoms with Crippen LogP contribution in [0.25, 0.3) is 5.57 Å². The Kier molecular flexibility index (Phi) is 3.47. The molecule has 2 fully saturated rings. The molecule has 4 aliphatic heterocycles. The van der Waals surface area contributed by atoms with E-state index in [0.717, 1.165) is 47.8 Å². The van der Waals surface area contributed by atoms with Gasteiger partial charge in [-0.2, -0.15) is 4.98 Å². The third-order valence-corrected chi connectivity index (χ3v) is 7.78. The second-order valence-corrected chi connectivity index (χ2v) is 9.40. The molecule has 0 saturated carbocycles. The standard InChI is InChI=1S/C22H23N5S/c1-13-14(2)21-27(18-6-4-5-7-19(18)28-21)20-17(13)8-23-22(24-20)26-11-15-9-25(3)10-16(15)12-26/h4-8,15-16H,1,9-12H2,2-3H3. The van der Waals surface area contributed by atoms with Gasteiger partial charge in [-0.05, 0) is 49.1 Å². The van der Waals surface area contributed by atoms with Gasteiger partial charge in [0.05, 0.1) is 10.7 Å². The number of benzene rings is 1. The number of rotatable bonds is 1. The third-order valence-electron chi connectivity index (χ3n) is 6.53. The first-order valence-corrected chi connectivity index (χ1v) is 10.7. The van der Waals surface area contributed by atoms with Crippen molar-refractivity contribution in [3.05, 3.63) is 53.2 Å². The molecule has 0 bridgehead atoms. The molecule has 6 heteroatoms. The lowest BCUT2D eigenvalue weighted by Crippen LogP contribution is -2.29.